The molecule has 0 amide bonds. The molecule has 4 rings (SSSR count). The van der Waals surface area contributed by atoms with Crippen molar-refractivity contribution in [1.82, 2.24) is 14.8 Å². The highest BCUT2D eigenvalue weighted by Gasteiger charge is 2.17. The number of nitriles is 1. The van der Waals surface area contributed by atoms with E-state index in [-0.39, 0.29) is 5.82 Å². The Morgan fingerprint density at radius 1 is 1.00 bits per heavy atom. The summed E-state index contributed by atoms with van der Waals surface area (Å²) in [5.74, 6) is 1.03. The number of halogens is 1. The van der Waals surface area contributed by atoms with Crippen LogP contribution in [0.1, 0.15) is 16.7 Å². The lowest BCUT2D eigenvalue weighted by molar-refractivity contribution is 0.628. The molecular formula is C23H17FN4S. The second-order valence-electron chi connectivity index (χ2n) is 6.54. The van der Waals surface area contributed by atoms with E-state index in [4.69, 9.17) is 5.26 Å². The Morgan fingerprint density at radius 2 is 1.79 bits per heavy atom. The molecule has 0 N–H and O–H groups in total. The zero-order chi connectivity index (χ0) is 20.2. The predicted octanol–water partition coefficient (Wildman–Crippen LogP) is 5.55. The number of para-hydroxylation sites is 1. The van der Waals surface area contributed by atoms with E-state index in [0.717, 1.165) is 27.5 Å². The Bertz CT molecular complexity index is 1190. The van der Waals surface area contributed by atoms with Gasteiger partial charge in [-0.3, -0.25) is 4.57 Å². The average molecular weight is 400 g/mol. The summed E-state index contributed by atoms with van der Waals surface area (Å²) in [6.07, 6.45) is 0. The lowest BCUT2D eigenvalue weighted by Crippen LogP contribution is -2.02. The molecule has 4 aromatic rings. The minimum atomic E-state index is -0.289. The lowest BCUT2D eigenvalue weighted by atomic mass is 10.1. The molecule has 0 aliphatic heterocycles. The summed E-state index contributed by atoms with van der Waals surface area (Å²) in [7, 11) is 0. The van der Waals surface area contributed by atoms with E-state index in [0.29, 0.717) is 17.1 Å². The van der Waals surface area contributed by atoms with Crippen LogP contribution in [0.2, 0.25) is 0 Å². The van der Waals surface area contributed by atoms with Gasteiger partial charge in [-0.25, -0.2) is 4.39 Å². The molecule has 0 fully saturated rings. The molecule has 0 aliphatic carbocycles. The van der Waals surface area contributed by atoms with Crippen molar-refractivity contribution in [3.63, 3.8) is 0 Å². The molecule has 1 aromatic heterocycles. The number of hydrogen-bond acceptors (Lipinski definition) is 4. The molecule has 3 aromatic carbocycles. The van der Waals surface area contributed by atoms with Crippen molar-refractivity contribution < 1.29 is 4.39 Å². The minimum absolute atomic E-state index is 0.289. The van der Waals surface area contributed by atoms with Crippen molar-refractivity contribution >= 4 is 11.8 Å². The maximum absolute atomic E-state index is 13.4. The molecule has 0 atom stereocenters. The maximum atomic E-state index is 13.4. The molecular weight excluding hydrogens is 383 g/mol. The third-order valence-electron chi connectivity index (χ3n) is 4.52. The highest BCUT2D eigenvalue weighted by atomic mass is 32.2. The van der Waals surface area contributed by atoms with Crippen molar-refractivity contribution in [2.45, 2.75) is 17.8 Å². The van der Waals surface area contributed by atoms with Crippen molar-refractivity contribution in [3.05, 3.63) is 95.3 Å². The van der Waals surface area contributed by atoms with Crippen LogP contribution in [-0.4, -0.2) is 14.8 Å². The van der Waals surface area contributed by atoms with Crippen LogP contribution in [0.4, 0.5) is 4.39 Å². The fourth-order valence-electron chi connectivity index (χ4n) is 3.06. The standard InChI is InChI=1S/C23H17FN4S/c1-16-5-2-3-8-21(16)28-22(19-9-11-20(24)12-10-19)26-27-23(28)29-15-18-7-4-6-17(13-18)14-25/h2-13H,15H2,1H3. The molecule has 0 saturated carbocycles. The normalized spacial score (nSPS) is 10.7. The van der Waals surface area contributed by atoms with Gasteiger partial charge in [-0.1, -0.05) is 42.1 Å². The molecule has 1 heterocycles. The molecule has 0 radical (unpaired) electrons. The third kappa shape index (κ3) is 4.05. The molecule has 0 spiro atoms. The number of aryl methyl sites for hydroxylation is 1. The zero-order valence-electron chi connectivity index (χ0n) is 15.7. The second kappa shape index (κ2) is 8.29. The quantitative estimate of drug-likeness (QED) is 0.412. The first-order chi connectivity index (χ1) is 14.2. The number of rotatable bonds is 5. The summed E-state index contributed by atoms with van der Waals surface area (Å²) in [4.78, 5) is 0. The van der Waals surface area contributed by atoms with Gasteiger partial charge in [0, 0.05) is 11.3 Å². The van der Waals surface area contributed by atoms with E-state index >= 15 is 0 Å². The van der Waals surface area contributed by atoms with E-state index in [2.05, 4.69) is 16.3 Å². The van der Waals surface area contributed by atoms with Crippen LogP contribution < -0.4 is 0 Å². The second-order valence-corrected chi connectivity index (χ2v) is 7.48. The van der Waals surface area contributed by atoms with E-state index < -0.39 is 0 Å². The number of aromatic nitrogens is 3. The predicted molar refractivity (Wildman–Crippen MR) is 112 cm³/mol. The smallest absolute Gasteiger partial charge is 0.196 e. The van der Waals surface area contributed by atoms with Crippen LogP contribution in [0.3, 0.4) is 0 Å². The van der Waals surface area contributed by atoms with Crippen molar-refractivity contribution in [3.8, 4) is 23.1 Å². The first kappa shape index (κ1) is 18.9. The van der Waals surface area contributed by atoms with Gasteiger partial charge in [0.1, 0.15) is 5.82 Å². The molecule has 0 unspecified atom stereocenters. The van der Waals surface area contributed by atoms with Gasteiger partial charge in [0.05, 0.1) is 17.3 Å². The summed E-state index contributed by atoms with van der Waals surface area (Å²) < 4.78 is 15.4. The topological polar surface area (TPSA) is 54.5 Å². The molecule has 0 bridgehead atoms. The van der Waals surface area contributed by atoms with Crippen molar-refractivity contribution in [1.29, 1.82) is 5.26 Å². The first-order valence-electron chi connectivity index (χ1n) is 9.05. The van der Waals surface area contributed by atoms with Crippen molar-refractivity contribution in [2.75, 3.05) is 0 Å². The highest BCUT2D eigenvalue weighted by Crippen LogP contribution is 2.31. The molecule has 6 heteroatoms. The van der Waals surface area contributed by atoms with E-state index in [1.165, 1.54) is 12.1 Å². The zero-order valence-corrected chi connectivity index (χ0v) is 16.5. The lowest BCUT2D eigenvalue weighted by Gasteiger charge is -2.13. The first-order valence-corrected chi connectivity index (χ1v) is 10.0. The van der Waals surface area contributed by atoms with Crippen LogP contribution in [0.25, 0.3) is 17.1 Å². The Hall–Kier alpha value is -3.43. The van der Waals surface area contributed by atoms with Crippen LogP contribution >= 0.6 is 11.8 Å². The number of hydrogen-bond donors (Lipinski definition) is 0. The van der Waals surface area contributed by atoms with Gasteiger partial charge in [-0.05, 0) is 60.5 Å². The van der Waals surface area contributed by atoms with E-state index in [1.54, 1.807) is 30.0 Å². The summed E-state index contributed by atoms with van der Waals surface area (Å²) in [6, 6.07) is 24.0. The van der Waals surface area contributed by atoms with Crippen LogP contribution in [0, 0.1) is 24.1 Å². The minimum Gasteiger partial charge on any atom is -0.270 e. The van der Waals surface area contributed by atoms with Gasteiger partial charge in [0.15, 0.2) is 11.0 Å². The molecule has 4 nitrogen and oxygen atoms in total. The fourth-order valence-corrected chi connectivity index (χ4v) is 3.95. The fraction of sp³-hybridized carbons (Fsp3) is 0.0870. The number of thioether (sulfide) groups is 1. The molecule has 142 valence electrons. The molecule has 29 heavy (non-hydrogen) atoms. The Labute approximate surface area is 172 Å². The SMILES string of the molecule is Cc1ccccc1-n1c(SCc2cccc(C#N)c2)nnc1-c1ccc(F)cc1. The number of nitrogens with zero attached hydrogens (tertiary/aromatic N) is 4. The van der Waals surface area contributed by atoms with Crippen LogP contribution in [0.5, 0.6) is 0 Å². The van der Waals surface area contributed by atoms with Gasteiger partial charge < -0.3 is 0 Å². The average Bonchev–Trinajstić information content (AvgIpc) is 3.17. The Morgan fingerprint density at radius 3 is 2.55 bits per heavy atom. The molecule has 0 saturated heterocycles. The summed E-state index contributed by atoms with van der Waals surface area (Å²) in [5, 5.41) is 18.7. The van der Waals surface area contributed by atoms with E-state index in [1.807, 2.05) is 54.0 Å². The maximum Gasteiger partial charge on any atom is 0.196 e. The highest BCUT2D eigenvalue weighted by molar-refractivity contribution is 7.98. The van der Waals surface area contributed by atoms with Gasteiger partial charge >= 0.3 is 0 Å². The van der Waals surface area contributed by atoms with Crippen LogP contribution in [0.15, 0.2) is 78.0 Å². The molecule has 0 aliphatic rings. The summed E-state index contributed by atoms with van der Waals surface area (Å²) in [6.45, 7) is 2.04. The Kier molecular flexibility index (Phi) is 5.41. The largest absolute Gasteiger partial charge is 0.270 e. The van der Waals surface area contributed by atoms with E-state index in [9.17, 15) is 4.39 Å². The van der Waals surface area contributed by atoms with Gasteiger partial charge in [-0.15, -0.1) is 10.2 Å². The van der Waals surface area contributed by atoms with Crippen molar-refractivity contribution in [2.24, 2.45) is 0 Å². The van der Waals surface area contributed by atoms with Gasteiger partial charge in [0.2, 0.25) is 0 Å². The summed E-state index contributed by atoms with van der Waals surface area (Å²) >= 11 is 1.55. The van der Waals surface area contributed by atoms with Gasteiger partial charge in [-0.2, -0.15) is 5.26 Å². The monoisotopic (exact) mass is 400 g/mol. The number of benzene rings is 3. The Balaban J connectivity index is 1.75. The third-order valence-corrected chi connectivity index (χ3v) is 5.52. The van der Waals surface area contributed by atoms with Crippen LogP contribution in [-0.2, 0) is 5.75 Å². The summed E-state index contributed by atoms with van der Waals surface area (Å²) in [5.41, 5.74) is 4.53. The van der Waals surface area contributed by atoms with Gasteiger partial charge in [0.25, 0.3) is 0 Å².